The van der Waals surface area contributed by atoms with E-state index in [1.807, 2.05) is 0 Å². The van der Waals surface area contributed by atoms with Crippen LogP contribution in [0.5, 0.6) is 0 Å². The first-order chi connectivity index (χ1) is 23.9. The number of halogens is 2. The van der Waals surface area contributed by atoms with Crippen molar-refractivity contribution in [1.82, 2.24) is 0 Å². The van der Waals surface area contributed by atoms with Crippen LogP contribution in [0.2, 0.25) is 6.55 Å². The second-order valence-electron chi connectivity index (χ2n) is 16.7. The van der Waals surface area contributed by atoms with Crippen LogP contribution in [0, 0.1) is 6.92 Å². The molecule has 0 spiro atoms. The van der Waals surface area contributed by atoms with Crippen LogP contribution in [-0.2, 0) is 31.2 Å². The number of fused-ring (bicyclic) bond motifs is 5. The quantitative estimate of drug-likeness (QED) is 0.185. The van der Waals surface area contributed by atoms with E-state index < -0.39 is 25.8 Å². The summed E-state index contributed by atoms with van der Waals surface area (Å²) in [5.74, 6) is 0. The average Bonchev–Trinajstić information content (AvgIpc) is 3.63. The van der Waals surface area contributed by atoms with Gasteiger partial charge in [0.15, 0.2) is 0 Å². The molecular formula is C48H48Cl2SiZr. The summed E-state index contributed by atoms with van der Waals surface area (Å²) < 4.78 is 0.903. The number of benzene rings is 6. The molecule has 2 aliphatic rings. The zero-order valence-electron chi connectivity index (χ0n) is 31.6. The zero-order valence-corrected chi connectivity index (χ0v) is 36.6. The molecule has 0 saturated carbocycles. The Morgan fingerprint density at radius 1 is 0.538 bits per heavy atom. The summed E-state index contributed by atoms with van der Waals surface area (Å²) in [6.07, 6.45) is 2.59. The molecule has 0 bridgehead atoms. The van der Waals surface area contributed by atoms with Gasteiger partial charge in [0, 0.05) is 0 Å². The largest absolute Gasteiger partial charge is 1.00 e. The SMILES string of the molecule is Cc1cc(C2=Cc3ccccc3[CH]2/[Zr+2]([CH]2c3cc(C(C)(C)C)ccc3-c3ccc(C(C)(C)C)cc32)=[Si](\C)c2ccccc2)c2ccccc2c1.[Cl-].[Cl-]. The Balaban J connectivity index is 0.00000232. The molecule has 0 N–H and O–H groups in total. The van der Waals surface area contributed by atoms with Crippen LogP contribution in [0.25, 0.3) is 33.5 Å². The normalized spacial score (nSPS) is 15.2. The van der Waals surface area contributed by atoms with E-state index in [2.05, 4.69) is 188 Å². The van der Waals surface area contributed by atoms with Crippen LogP contribution in [0.15, 0.2) is 127 Å². The van der Waals surface area contributed by atoms with E-state index in [0.717, 1.165) is 0 Å². The minimum atomic E-state index is -2.71. The van der Waals surface area contributed by atoms with E-state index in [1.165, 1.54) is 49.7 Å². The first-order valence-electron chi connectivity index (χ1n) is 18.3. The summed E-state index contributed by atoms with van der Waals surface area (Å²) in [6.45, 7) is 19.2. The van der Waals surface area contributed by atoms with Crippen molar-refractivity contribution >= 4 is 33.0 Å². The van der Waals surface area contributed by atoms with E-state index in [1.54, 1.807) is 27.5 Å². The van der Waals surface area contributed by atoms with Gasteiger partial charge in [-0.25, -0.2) is 0 Å². The van der Waals surface area contributed by atoms with Crippen molar-refractivity contribution in [2.75, 3.05) is 0 Å². The van der Waals surface area contributed by atoms with Gasteiger partial charge in [0.1, 0.15) is 0 Å². The van der Waals surface area contributed by atoms with Crippen LogP contribution in [0.1, 0.15) is 93.3 Å². The van der Waals surface area contributed by atoms with Crippen LogP contribution in [-0.4, -0.2) is 5.43 Å². The maximum Gasteiger partial charge on any atom is -1.00 e. The fourth-order valence-corrected chi connectivity index (χ4v) is 30.7. The molecule has 0 aromatic heterocycles. The molecule has 262 valence electrons. The third-order valence-corrected chi connectivity index (χ3v) is 31.4. The minimum absolute atomic E-state index is 0. The number of hydrogen-bond acceptors (Lipinski definition) is 0. The Labute approximate surface area is 331 Å². The minimum Gasteiger partial charge on any atom is -1.00 e. The van der Waals surface area contributed by atoms with Crippen molar-refractivity contribution in [2.24, 2.45) is 0 Å². The number of rotatable bonds is 4. The molecule has 1 unspecified atom stereocenters. The Bertz CT molecular complexity index is 2310. The molecule has 0 heterocycles. The topological polar surface area (TPSA) is 0 Å². The van der Waals surface area contributed by atoms with E-state index in [9.17, 15) is 0 Å². The molecule has 2 aliphatic carbocycles. The standard InChI is InChI=1S/C21H25.C20H15.C7H8Si.2ClH.Zr/c1-20(2,3)16-7-9-18-14(12-16)11-15-13-17(21(4,5)6)8-10-19(15)18;1-14-10-17-8-4-5-9-19(17)20(11-14)18-12-15-6-2-3-7-16(15)13-18;1-8-7-5-3-2-4-6-7;;;/h7-13H,1-6H3;2-13H,1H3;2-6H,1H3;2*1H;/q;;;;;+2/p-2. The van der Waals surface area contributed by atoms with Gasteiger partial charge in [0.05, 0.1) is 0 Å². The third-order valence-electron chi connectivity index (χ3n) is 11.3. The number of aryl methyl sites for hydroxylation is 1. The van der Waals surface area contributed by atoms with Gasteiger partial charge in [-0.1, -0.05) is 0 Å². The summed E-state index contributed by atoms with van der Waals surface area (Å²) in [5.41, 5.74) is 15.6. The van der Waals surface area contributed by atoms with E-state index in [4.69, 9.17) is 0 Å². The second-order valence-corrected chi connectivity index (χ2v) is 32.5. The van der Waals surface area contributed by atoms with Crippen molar-refractivity contribution in [2.45, 2.75) is 73.1 Å². The number of hydrogen-bond donors (Lipinski definition) is 0. The van der Waals surface area contributed by atoms with Gasteiger partial charge in [-0.3, -0.25) is 0 Å². The molecule has 0 amide bonds. The molecule has 8 rings (SSSR count). The van der Waals surface area contributed by atoms with Crippen molar-refractivity contribution in [3.63, 3.8) is 0 Å². The monoisotopic (exact) mass is 812 g/mol. The molecule has 6 aromatic rings. The van der Waals surface area contributed by atoms with Gasteiger partial charge in [0.2, 0.25) is 0 Å². The van der Waals surface area contributed by atoms with Crippen molar-refractivity contribution in [3.05, 3.63) is 172 Å². The molecule has 6 aromatic carbocycles. The van der Waals surface area contributed by atoms with Crippen LogP contribution in [0.4, 0.5) is 0 Å². The Kier molecular flexibility index (Phi) is 10.9. The van der Waals surface area contributed by atoms with Gasteiger partial charge in [-0.2, -0.15) is 0 Å². The van der Waals surface area contributed by atoms with Gasteiger partial charge in [-0.05, 0) is 0 Å². The van der Waals surface area contributed by atoms with E-state index in [0.29, 0.717) is 7.25 Å². The Morgan fingerprint density at radius 3 is 1.71 bits per heavy atom. The van der Waals surface area contributed by atoms with Crippen molar-refractivity contribution in [1.29, 1.82) is 0 Å². The molecule has 0 saturated heterocycles. The summed E-state index contributed by atoms with van der Waals surface area (Å²) in [7, 11) is 0. The summed E-state index contributed by atoms with van der Waals surface area (Å²) >= 11 is -2.71. The van der Waals surface area contributed by atoms with Crippen molar-refractivity contribution in [3.8, 4) is 11.1 Å². The molecular weight excluding hydrogens is 767 g/mol. The van der Waals surface area contributed by atoms with Gasteiger partial charge in [-0.15, -0.1) is 0 Å². The predicted molar refractivity (Wildman–Crippen MR) is 215 cm³/mol. The summed E-state index contributed by atoms with van der Waals surface area (Å²) in [6, 6.07) is 50.1. The Morgan fingerprint density at radius 2 is 1.10 bits per heavy atom. The van der Waals surface area contributed by atoms with Crippen LogP contribution in [0.3, 0.4) is 0 Å². The Hall–Kier alpha value is -3.00. The van der Waals surface area contributed by atoms with Crippen LogP contribution < -0.4 is 30.0 Å². The molecule has 0 fully saturated rings. The van der Waals surface area contributed by atoms with Gasteiger partial charge >= 0.3 is 310 Å². The smallest absolute Gasteiger partial charge is 1.00 e. The van der Waals surface area contributed by atoms with Crippen LogP contribution >= 0.6 is 0 Å². The zero-order chi connectivity index (χ0) is 34.9. The van der Waals surface area contributed by atoms with E-state index in [-0.39, 0.29) is 35.6 Å². The summed E-state index contributed by atoms with van der Waals surface area (Å²) in [5, 5.41) is 4.32. The molecule has 0 radical (unpaired) electrons. The predicted octanol–water partition coefficient (Wildman–Crippen LogP) is 6.26. The molecule has 0 aliphatic heterocycles. The molecule has 1 atom stereocenters. The van der Waals surface area contributed by atoms with Crippen molar-refractivity contribution < 1.29 is 45.2 Å². The maximum absolute atomic E-state index is 2.71. The summed E-state index contributed by atoms with van der Waals surface area (Å²) in [4.78, 5) is 0. The molecule has 52 heavy (non-hydrogen) atoms. The molecule has 4 heteroatoms. The van der Waals surface area contributed by atoms with Gasteiger partial charge in [0.25, 0.3) is 0 Å². The first-order valence-corrected chi connectivity index (χ1v) is 26.8. The second kappa shape index (κ2) is 14.7. The van der Waals surface area contributed by atoms with Gasteiger partial charge < -0.3 is 24.8 Å². The number of allylic oxidation sites excluding steroid dienone is 1. The fourth-order valence-electron chi connectivity index (χ4n) is 8.58. The fraction of sp³-hybridized carbons (Fsp3) is 0.250. The first kappa shape index (κ1) is 38.7. The average molecular weight is 815 g/mol. The molecule has 0 nitrogen and oxygen atoms in total. The maximum atomic E-state index is 2.70. The third kappa shape index (κ3) is 6.79. The van der Waals surface area contributed by atoms with E-state index >= 15 is 0 Å².